The molecule has 0 aromatic carbocycles. The molecule has 90 valence electrons. The summed E-state index contributed by atoms with van der Waals surface area (Å²) in [6, 6.07) is 3.45. The topological polar surface area (TPSA) is 50.3 Å². The summed E-state index contributed by atoms with van der Waals surface area (Å²) in [6.07, 6.45) is 4.45. The molecule has 17 heavy (non-hydrogen) atoms. The van der Waals surface area contributed by atoms with E-state index in [1.807, 2.05) is 13.8 Å². The number of nitrogens with zero attached hydrogens (tertiary/aromatic N) is 2. The minimum absolute atomic E-state index is 0.115. The molecule has 0 radical (unpaired) electrons. The normalized spacial score (nSPS) is 19.2. The van der Waals surface area contributed by atoms with Crippen molar-refractivity contribution >= 4 is 11.7 Å². The van der Waals surface area contributed by atoms with Crippen LogP contribution >= 0.6 is 0 Å². The van der Waals surface area contributed by atoms with Gasteiger partial charge in [0.15, 0.2) is 5.78 Å². The number of hydrogen-bond donors (Lipinski definition) is 0. The molecule has 1 aromatic rings. The Morgan fingerprint density at radius 1 is 1.47 bits per heavy atom. The fraction of sp³-hybridized carbons (Fsp3) is 0.462. The predicted molar refractivity (Wildman–Crippen MR) is 63.6 cm³/mol. The Morgan fingerprint density at radius 3 is 2.88 bits per heavy atom. The third kappa shape index (κ3) is 2.35. The largest absolute Gasteiger partial charge is 0.326 e. The van der Waals surface area contributed by atoms with Gasteiger partial charge in [-0.2, -0.15) is 0 Å². The van der Waals surface area contributed by atoms with Gasteiger partial charge < -0.3 is 4.90 Å². The van der Waals surface area contributed by atoms with Crippen LogP contribution in [0.1, 0.15) is 37.0 Å². The number of carbonyl (C=O) groups excluding carboxylic acids is 2. The summed E-state index contributed by atoms with van der Waals surface area (Å²) in [6.45, 7) is 4.20. The first-order chi connectivity index (χ1) is 8.00. The molecule has 4 heteroatoms. The van der Waals surface area contributed by atoms with Crippen LogP contribution in [0.5, 0.6) is 0 Å². The molecule has 1 aliphatic rings. The molecular formula is C13H16N2O2. The number of Topliss-reactive ketones (excluding diaryl/α,β-unsaturated/α-hetero) is 1. The predicted octanol–water partition coefficient (Wildman–Crippen LogP) is 1.67. The van der Waals surface area contributed by atoms with E-state index < -0.39 is 0 Å². The molecule has 1 aromatic heterocycles. The zero-order valence-electron chi connectivity index (χ0n) is 10.1. The van der Waals surface area contributed by atoms with Crippen LogP contribution in [0.2, 0.25) is 0 Å². The van der Waals surface area contributed by atoms with Crippen molar-refractivity contribution in [2.45, 2.75) is 32.2 Å². The van der Waals surface area contributed by atoms with Gasteiger partial charge in [0.1, 0.15) is 0 Å². The summed E-state index contributed by atoms with van der Waals surface area (Å²) in [5.74, 6) is 0.0118. The minimum Gasteiger partial charge on any atom is -0.326 e. The third-order valence-corrected chi connectivity index (χ3v) is 3.23. The molecule has 0 atom stereocenters. The van der Waals surface area contributed by atoms with Crippen LogP contribution in [0.4, 0.5) is 0 Å². The lowest BCUT2D eigenvalue weighted by atomic mass is 9.89. The molecule has 0 bridgehead atoms. The summed E-state index contributed by atoms with van der Waals surface area (Å²) >= 11 is 0. The van der Waals surface area contributed by atoms with E-state index in [-0.39, 0.29) is 23.8 Å². The number of hydrogen-bond acceptors (Lipinski definition) is 3. The van der Waals surface area contributed by atoms with Crippen LogP contribution in [0.15, 0.2) is 24.5 Å². The van der Waals surface area contributed by atoms with Crippen molar-refractivity contribution in [3.05, 3.63) is 30.1 Å². The lowest BCUT2D eigenvalue weighted by Gasteiger charge is -2.41. The van der Waals surface area contributed by atoms with Gasteiger partial charge >= 0.3 is 0 Å². The highest BCUT2D eigenvalue weighted by Gasteiger charge is 2.36. The van der Waals surface area contributed by atoms with Crippen LogP contribution in [-0.2, 0) is 4.79 Å². The van der Waals surface area contributed by atoms with Crippen LogP contribution in [0, 0.1) is 0 Å². The summed E-state index contributed by atoms with van der Waals surface area (Å²) < 4.78 is 0. The van der Waals surface area contributed by atoms with Crippen LogP contribution in [0.25, 0.3) is 0 Å². The maximum absolute atomic E-state index is 12.3. The Morgan fingerprint density at radius 2 is 2.24 bits per heavy atom. The van der Waals surface area contributed by atoms with Gasteiger partial charge in [-0.1, -0.05) is 0 Å². The summed E-state index contributed by atoms with van der Waals surface area (Å²) in [5.41, 5.74) is 0.274. The van der Waals surface area contributed by atoms with Gasteiger partial charge in [0, 0.05) is 24.4 Å². The molecule has 1 amide bonds. The van der Waals surface area contributed by atoms with Crippen molar-refractivity contribution in [1.29, 1.82) is 0 Å². The zero-order valence-corrected chi connectivity index (χ0v) is 10.1. The SMILES string of the molecule is CC1(C)CCC(=O)CN1C(=O)c1cccnc1. The van der Waals surface area contributed by atoms with Crippen LogP contribution in [-0.4, -0.2) is 33.7 Å². The number of ketones is 1. The average molecular weight is 232 g/mol. The first-order valence-corrected chi connectivity index (χ1v) is 5.74. The van der Waals surface area contributed by atoms with Crippen LogP contribution in [0.3, 0.4) is 0 Å². The summed E-state index contributed by atoms with van der Waals surface area (Å²) in [4.78, 5) is 29.4. The van der Waals surface area contributed by atoms with E-state index in [4.69, 9.17) is 0 Å². The smallest absolute Gasteiger partial charge is 0.256 e. The van der Waals surface area contributed by atoms with Gasteiger partial charge in [0.2, 0.25) is 0 Å². The standard InChI is InChI=1S/C13H16N2O2/c1-13(2)6-5-11(16)9-15(13)12(17)10-4-3-7-14-8-10/h3-4,7-8H,5-6,9H2,1-2H3. The fourth-order valence-corrected chi connectivity index (χ4v) is 2.04. The molecule has 1 saturated heterocycles. The number of piperidine rings is 1. The van der Waals surface area contributed by atoms with E-state index in [1.165, 1.54) is 6.20 Å². The van der Waals surface area contributed by atoms with E-state index in [2.05, 4.69) is 4.98 Å². The second kappa shape index (κ2) is 4.28. The number of likely N-dealkylation sites (tertiary alicyclic amines) is 1. The van der Waals surface area contributed by atoms with Crippen molar-refractivity contribution in [1.82, 2.24) is 9.88 Å². The molecule has 0 N–H and O–H groups in total. The molecule has 0 saturated carbocycles. The van der Waals surface area contributed by atoms with Crippen LogP contribution < -0.4 is 0 Å². The number of carbonyl (C=O) groups is 2. The summed E-state index contributed by atoms with van der Waals surface area (Å²) in [7, 11) is 0. The molecule has 0 spiro atoms. The Balaban J connectivity index is 2.26. The highest BCUT2D eigenvalue weighted by Crippen LogP contribution is 2.27. The lowest BCUT2D eigenvalue weighted by molar-refractivity contribution is -0.124. The Kier molecular flexibility index (Phi) is 2.96. The third-order valence-electron chi connectivity index (χ3n) is 3.23. The highest BCUT2D eigenvalue weighted by atomic mass is 16.2. The van der Waals surface area contributed by atoms with E-state index in [1.54, 1.807) is 23.2 Å². The Hall–Kier alpha value is -1.71. The van der Waals surface area contributed by atoms with Gasteiger partial charge in [0.25, 0.3) is 5.91 Å². The number of amides is 1. The minimum atomic E-state index is -0.263. The van der Waals surface area contributed by atoms with Crippen molar-refractivity contribution < 1.29 is 9.59 Å². The summed E-state index contributed by atoms with van der Waals surface area (Å²) in [5, 5.41) is 0. The van der Waals surface area contributed by atoms with Crippen molar-refractivity contribution in [3.8, 4) is 0 Å². The van der Waals surface area contributed by atoms with Crippen molar-refractivity contribution in [2.75, 3.05) is 6.54 Å². The first kappa shape index (κ1) is 11.8. The molecule has 4 nitrogen and oxygen atoms in total. The van der Waals surface area contributed by atoms with Crippen molar-refractivity contribution in [3.63, 3.8) is 0 Å². The van der Waals surface area contributed by atoms with Gasteiger partial charge in [-0.3, -0.25) is 14.6 Å². The lowest BCUT2D eigenvalue weighted by Crippen LogP contribution is -2.53. The second-order valence-corrected chi connectivity index (χ2v) is 4.98. The maximum atomic E-state index is 12.3. The Bertz CT molecular complexity index is 440. The highest BCUT2D eigenvalue weighted by molar-refractivity contribution is 5.97. The monoisotopic (exact) mass is 232 g/mol. The first-order valence-electron chi connectivity index (χ1n) is 5.74. The molecular weight excluding hydrogens is 216 g/mol. The van der Waals surface area contributed by atoms with E-state index in [0.29, 0.717) is 12.0 Å². The second-order valence-electron chi connectivity index (χ2n) is 4.98. The molecule has 2 heterocycles. The van der Waals surface area contributed by atoms with E-state index in [0.717, 1.165) is 6.42 Å². The van der Waals surface area contributed by atoms with E-state index in [9.17, 15) is 9.59 Å². The number of rotatable bonds is 1. The van der Waals surface area contributed by atoms with Gasteiger partial charge in [0.05, 0.1) is 12.1 Å². The van der Waals surface area contributed by atoms with Gasteiger partial charge in [-0.25, -0.2) is 0 Å². The average Bonchev–Trinajstić information content (AvgIpc) is 2.33. The quantitative estimate of drug-likeness (QED) is 0.740. The zero-order chi connectivity index (χ0) is 12.5. The molecule has 0 unspecified atom stereocenters. The number of pyridine rings is 1. The molecule has 0 aliphatic carbocycles. The fourth-order valence-electron chi connectivity index (χ4n) is 2.04. The van der Waals surface area contributed by atoms with Crippen molar-refractivity contribution in [2.24, 2.45) is 0 Å². The number of aromatic nitrogens is 1. The molecule has 1 aliphatic heterocycles. The maximum Gasteiger partial charge on any atom is 0.256 e. The molecule has 1 fully saturated rings. The molecule has 2 rings (SSSR count). The van der Waals surface area contributed by atoms with Gasteiger partial charge in [-0.05, 0) is 32.4 Å². The Labute approximate surface area is 101 Å². The van der Waals surface area contributed by atoms with E-state index >= 15 is 0 Å². The van der Waals surface area contributed by atoms with Gasteiger partial charge in [-0.15, -0.1) is 0 Å².